The molecule has 1 fully saturated rings. The molecule has 1 saturated heterocycles. The number of hydrogen-bond acceptors (Lipinski definition) is 2. The molecular weight excluding hydrogens is 560 g/mol. The van der Waals surface area contributed by atoms with Gasteiger partial charge >= 0.3 is 5.97 Å². The molecule has 1 aliphatic rings. The molecule has 1 unspecified atom stereocenters. The van der Waals surface area contributed by atoms with Crippen LogP contribution in [0.5, 0.6) is 0 Å². The van der Waals surface area contributed by atoms with Gasteiger partial charge in [-0.3, -0.25) is 4.79 Å². The summed E-state index contributed by atoms with van der Waals surface area (Å²) >= 11 is 0. The van der Waals surface area contributed by atoms with Gasteiger partial charge in [0.2, 0.25) is 0 Å². The van der Waals surface area contributed by atoms with Crippen LogP contribution in [0.25, 0.3) is 0 Å². The van der Waals surface area contributed by atoms with E-state index in [1.165, 1.54) is 205 Å². The van der Waals surface area contributed by atoms with Crippen LogP contribution in [-0.4, -0.2) is 5.97 Å². The quantitative estimate of drug-likeness (QED) is 0.0387. The number of carbonyl (C=O) groups is 1. The van der Waals surface area contributed by atoms with E-state index in [0.29, 0.717) is 0 Å². The second-order valence-electron chi connectivity index (χ2n) is 14.4. The van der Waals surface area contributed by atoms with Gasteiger partial charge in [-0.2, -0.15) is 0 Å². The van der Waals surface area contributed by atoms with Gasteiger partial charge in [0, 0.05) is 0 Å². The molecular formula is C44H80O2. The Morgan fingerprint density at radius 3 is 1.07 bits per heavy atom. The molecule has 0 saturated carbocycles. The van der Waals surface area contributed by atoms with Crippen LogP contribution in [0.1, 0.15) is 232 Å². The van der Waals surface area contributed by atoms with Gasteiger partial charge in [-0.25, -0.2) is 0 Å². The van der Waals surface area contributed by atoms with Gasteiger partial charge in [-0.15, -0.1) is 0 Å². The molecule has 0 aromatic carbocycles. The number of ether oxygens (including phenoxy) is 1. The fraction of sp³-hybridized carbons (Fsp3) is 0.841. The Balaban J connectivity index is 1.83. The maximum absolute atomic E-state index is 12.0. The third-order valence-electron chi connectivity index (χ3n) is 9.91. The molecule has 2 nitrogen and oxygen atoms in total. The van der Waals surface area contributed by atoms with E-state index in [-0.39, 0.29) is 11.9 Å². The zero-order valence-corrected chi connectivity index (χ0v) is 31.3. The van der Waals surface area contributed by atoms with E-state index in [1.54, 1.807) is 0 Å². The molecule has 0 N–H and O–H groups in total. The number of hydrogen-bond donors (Lipinski definition) is 0. The maximum Gasteiger partial charge on any atom is 0.321 e. The highest BCUT2D eigenvalue weighted by molar-refractivity contribution is 5.82. The summed E-state index contributed by atoms with van der Waals surface area (Å²) in [6.45, 7) is 4.56. The van der Waals surface area contributed by atoms with Gasteiger partial charge in [-0.1, -0.05) is 186 Å². The van der Waals surface area contributed by atoms with E-state index >= 15 is 0 Å². The molecule has 0 bridgehead atoms. The first kappa shape index (κ1) is 42.7. The monoisotopic (exact) mass is 641 g/mol. The fourth-order valence-electron chi connectivity index (χ4n) is 6.70. The summed E-state index contributed by atoms with van der Waals surface area (Å²) < 4.78 is 5.39. The first-order valence-corrected chi connectivity index (χ1v) is 21.0. The Hall–Kier alpha value is -1.31. The molecule has 268 valence electrons. The zero-order chi connectivity index (χ0) is 33.0. The molecule has 1 aliphatic heterocycles. The molecule has 1 atom stereocenters. The summed E-state index contributed by atoms with van der Waals surface area (Å²) in [6.07, 6.45) is 57.2. The van der Waals surface area contributed by atoms with E-state index in [9.17, 15) is 4.79 Å². The van der Waals surface area contributed by atoms with Crippen molar-refractivity contribution in [1.82, 2.24) is 0 Å². The van der Waals surface area contributed by atoms with Crippen molar-refractivity contribution in [3.8, 4) is 0 Å². The summed E-state index contributed by atoms with van der Waals surface area (Å²) in [5.74, 6) is 1.07. The Bertz CT molecular complexity index is 732. The lowest BCUT2D eigenvalue weighted by Gasteiger charge is -2.28. The van der Waals surface area contributed by atoms with Crippen molar-refractivity contribution in [3.63, 3.8) is 0 Å². The highest BCUT2D eigenvalue weighted by Crippen LogP contribution is 2.32. The molecule has 0 aromatic rings. The van der Waals surface area contributed by atoms with E-state index in [0.717, 1.165) is 18.6 Å². The van der Waals surface area contributed by atoms with Crippen molar-refractivity contribution in [2.75, 3.05) is 0 Å². The Kier molecular flexibility index (Phi) is 32.5. The Morgan fingerprint density at radius 1 is 0.413 bits per heavy atom. The number of carbonyl (C=O) groups excluding carboxylic acids is 1. The van der Waals surface area contributed by atoms with Crippen LogP contribution in [-0.2, 0) is 9.53 Å². The van der Waals surface area contributed by atoms with Crippen molar-refractivity contribution < 1.29 is 9.53 Å². The van der Waals surface area contributed by atoms with Gasteiger partial charge in [-0.05, 0) is 76.7 Å². The lowest BCUT2D eigenvalue weighted by Crippen LogP contribution is -2.32. The molecule has 0 aromatic heterocycles. The van der Waals surface area contributed by atoms with Crippen molar-refractivity contribution in [2.45, 2.75) is 232 Å². The number of rotatable bonds is 36. The van der Waals surface area contributed by atoms with Crippen molar-refractivity contribution in [1.29, 1.82) is 0 Å². The van der Waals surface area contributed by atoms with E-state index in [1.807, 2.05) is 0 Å². The summed E-state index contributed by atoms with van der Waals surface area (Å²) in [5, 5.41) is 0. The maximum atomic E-state index is 12.0. The minimum atomic E-state index is 0.0167. The number of unbranched alkanes of at least 4 members (excludes halogenated alkanes) is 29. The minimum absolute atomic E-state index is 0.0167. The summed E-state index contributed by atoms with van der Waals surface area (Å²) in [6, 6.07) is 0. The van der Waals surface area contributed by atoms with E-state index < -0.39 is 0 Å². The summed E-state index contributed by atoms with van der Waals surface area (Å²) in [7, 11) is 0. The highest BCUT2D eigenvalue weighted by atomic mass is 16.6. The highest BCUT2D eigenvalue weighted by Gasteiger charge is 2.36. The molecule has 0 spiro atoms. The van der Waals surface area contributed by atoms with Gasteiger partial charge < -0.3 is 4.74 Å². The van der Waals surface area contributed by atoms with Crippen LogP contribution in [0.2, 0.25) is 0 Å². The lowest BCUT2D eigenvalue weighted by atomic mass is 9.93. The van der Waals surface area contributed by atoms with Crippen molar-refractivity contribution >= 4 is 5.97 Å². The van der Waals surface area contributed by atoms with E-state index in [2.05, 4.69) is 44.2 Å². The lowest BCUT2D eigenvalue weighted by molar-refractivity contribution is -0.157. The Labute approximate surface area is 289 Å². The standard InChI is InChI=1S/C44H80O2/c1-3-5-7-9-11-13-15-17-19-21-23-25-27-29-31-33-35-37-39-41-43-42(44(45)46-43)40-38-36-34-32-30-28-26-24-22-20-18-16-14-12-10-8-6-4-2/h13-16,41-42H,3-12,17-40H2,1-2H3/b15-13+,16-14+,43-41+. The summed E-state index contributed by atoms with van der Waals surface area (Å²) in [5.41, 5.74) is 0. The van der Waals surface area contributed by atoms with Crippen molar-refractivity contribution in [3.05, 3.63) is 36.1 Å². The normalized spacial score (nSPS) is 15.8. The van der Waals surface area contributed by atoms with Gasteiger partial charge in [0.05, 0.1) is 0 Å². The van der Waals surface area contributed by atoms with Crippen LogP contribution in [0.15, 0.2) is 36.1 Å². The summed E-state index contributed by atoms with van der Waals surface area (Å²) in [4.78, 5) is 12.0. The first-order chi connectivity index (χ1) is 22.8. The molecule has 1 rings (SSSR count). The second-order valence-corrected chi connectivity index (χ2v) is 14.4. The SMILES string of the molecule is CCCCCC/C=C/CCCCCCCCCCCC/C=C1/OC(=O)C1CCCCCCCCCCCC/C=C/CCCCCC. The number of cyclic esters (lactones) is 1. The van der Waals surface area contributed by atoms with Gasteiger partial charge in [0.25, 0.3) is 0 Å². The molecule has 1 heterocycles. The molecule has 2 heteroatoms. The van der Waals surface area contributed by atoms with Crippen LogP contribution >= 0.6 is 0 Å². The average molecular weight is 641 g/mol. The number of allylic oxidation sites excluding steroid dienone is 5. The van der Waals surface area contributed by atoms with Gasteiger partial charge in [0.15, 0.2) is 0 Å². The van der Waals surface area contributed by atoms with Crippen LogP contribution < -0.4 is 0 Å². The fourth-order valence-corrected chi connectivity index (χ4v) is 6.70. The number of esters is 1. The Morgan fingerprint density at radius 2 is 0.717 bits per heavy atom. The minimum Gasteiger partial charge on any atom is -0.430 e. The molecule has 0 radical (unpaired) electrons. The average Bonchev–Trinajstić information content (AvgIpc) is 3.06. The smallest absolute Gasteiger partial charge is 0.321 e. The van der Waals surface area contributed by atoms with Crippen LogP contribution in [0.4, 0.5) is 0 Å². The van der Waals surface area contributed by atoms with Crippen molar-refractivity contribution in [2.24, 2.45) is 5.92 Å². The third-order valence-corrected chi connectivity index (χ3v) is 9.91. The topological polar surface area (TPSA) is 26.3 Å². The first-order valence-electron chi connectivity index (χ1n) is 21.0. The predicted octanol–water partition coefficient (Wildman–Crippen LogP) is 15.5. The molecule has 46 heavy (non-hydrogen) atoms. The van der Waals surface area contributed by atoms with Crippen LogP contribution in [0, 0.1) is 5.92 Å². The van der Waals surface area contributed by atoms with Gasteiger partial charge in [0.1, 0.15) is 11.7 Å². The van der Waals surface area contributed by atoms with Crippen LogP contribution in [0.3, 0.4) is 0 Å². The molecule has 0 amide bonds. The molecule has 0 aliphatic carbocycles. The zero-order valence-electron chi connectivity index (χ0n) is 31.3. The predicted molar refractivity (Wildman–Crippen MR) is 204 cm³/mol. The second kappa shape index (κ2) is 35.0. The van der Waals surface area contributed by atoms with E-state index in [4.69, 9.17) is 4.74 Å². The third kappa shape index (κ3) is 27.8. The largest absolute Gasteiger partial charge is 0.430 e.